The first kappa shape index (κ1) is 11.0. The molecule has 0 aromatic rings. The van der Waals surface area contributed by atoms with Crippen LogP contribution in [0.25, 0.3) is 0 Å². The predicted molar refractivity (Wildman–Crippen MR) is 58.0 cm³/mol. The number of rotatable bonds is 0. The standard InChI is InChI=1S/C9H18N2.C2H6/c1-8-2-4-11-9(6-8)3-5-10-7-9;1-2/h8,10-11H,2-7H2,1H3;1-2H3. The summed E-state index contributed by atoms with van der Waals surface area (Å²) in [4.78, 5) is 0. The van der Waals surface area contributed by atoms with Crippen LogP contribution in [0, 0.1) is 5.92 Å². The zero-order chi connectivity index (χ0) is 9.73. The fraction of sp³-hybridized carbons (Fsp3) is 1.00. The molecule has 0 saturated carbocycles. The maximum atomic E-state index is 3.66. The van der Waals surface area contributed by atoms with E-state index in [1.165, 1.54) is 38.9 Å². The topological polar surface area (TPSA) is 24.1 Å². The van der Waals surface area contributed by atoms with Crippen molar-refractivity contribution in [3.05, 3.63) is 0 Å². The summed E-state index contributed by atoms with van der Waals surface area (Å²) in [6.45, 7) is 10.0. The Morgan fingerprint density at radius 2 is 2.00 bits per heavy atom. The summed E-state index contributed by atoms with van der Waals surface area (Å²) in [5.74, 6) is 0.927. The molecule has 2 aliphatic rings. The molecule has 0 bridgehead atoms. The van der Waals surface area contributed by atoms with Gasteiger partial charge in [0.25, 0.3) is 0 Å². The van der Waals surface area contributed by atoms with Gasteiger partial charge in [-0.1, -0.05) is 20.8 Å². The third-order valence-corrected chi connectivity index (χ3v) is 3.12. The zero-order valence-electron chi connectivity index (χ0n) is 9.32. The van der Waals surface area contributed by atoms with Gasteiger partial charge in [0.05, 0.1) is 0 Å². The Bertz CT molecular complexity index is 139. The lowest BCUT2D eigenvalue weighted by molar-refractivity contribution is 0.223. The van der Waals surface area contributed by atoms with Gasteiger partial charge in [-0.15, -0.1) is 0 Å². The molecule has 2 heteroatoms. The van der Waals surface area contributed by atoms with Gasteiger partial charge in [-0.3, -0.25) is 0 Å². The van der Waals surface area contributed by atoms with Gasteiger partial charge in [-0.05, 0) is 38.3 Å². The number of hydrogen-bond donors (Lipinski definition) is 2. The maximum Gasteiger partial charge on any atom is 0.0320 e. The Morgan fingerprint density at radius 1 is 1.23 bits per heavy atom. The van der Waals surface area contributed by atoms with E-state index in [9.17, 15) is 0 Å². The molecule has 2 fully saturated rings. The minimum absolute atomic E-state index is 0.484. The van der Waals surface area contributed by atoms with E-state index >= 15 is 0 Å². The van der Waals surface area contributed by atoms with Gasteiger partial charge in [0.2, 0.25) is 0 Å². The highest BCUT2D eigenvalue weighted by Crippen LogP contribution is 2.28. The van der Waals surface area contributed by atoms with Crippen LogP contribution < -0.4 is 10.6 Å². The molecule has 13 heavy (non-hydrogen) atoms. The van der Waals surface area contributed by atoms with E-state index in [1.54, 1.807) is 0 Å². The van der Waals surface area contributed by atoms with Gasteiger partial charge in [0.1, 0.15) is 0 Å². The van der Waals surface area contributed by atoms with E-state index in [1.807, 2.05) is 13.8 Å². The van der Waals surface area contributed by atoms with Crippen LogP contribution in [0.4, 0.5) is 0 Å². The van der Waals surface area contributed by atoms with Crippen molar-refractivity contribution in [1.82, 2.24) is 10.6 Å². The smallest absolute Gasteiger partial charge is 0.0320 e. The van der Waals surface area contributed by atoms with Crippen molar-refractivity contribution in [2.45, 2.75) is 45.6 Å². The molecule has 0 aromatic heterocycles. The van der Waals surface area contributed by atoms with Crippen LogP contribution in [-0.2, 0) is 0 Å². The highest BCUT2D eigenvalue weighted by atomic mass is 15.1. The van der Waals surface area contributed by atoms with E-state index in [2.05, 4.69) is 17.6 Å². The Morgan fingerprint density at radius 3 is 2.54 bits per heavy atom. The SMILES string of the molecule is CC.CC1CCNC2(CCNC2)C1. The minimum Gasteiger partial charge on any atom is -0.315 e. The number of nitrogens with one attached hydrogen (secondary N) is 2. The van der Waals surface area contributed by atoms with Crippen LogP contribution in [0.3, 0.4) is 0 Å². The van der Waals surface area contributed by atoms with E-state index in [-0.39, 0.29) is 0 Å². The lowest BCUT2D eigenvalue weighted by Crippen LogP contribution is -2.52. The first-order valence-corrected chi connectivity index (χ1v) is 5.77. The van der Waals surface area contributed by atoms with Crippen molar-refractivity contribution in [1.29, 1.82) is 0 Å². The quantitative estimate of drug-likeness (QED) is 0.599. The van der Waals surface area contributed by atoms with Crippen molar-refractivity contribution in [2.24, 2.45) is 5.92 Å². The summed E-state index contributed by atoms with van der Waals surface area (Å²) in [6, 6.07) is 0. The monoisotopic (exact) mass is 184 g/mol. The highest BCUT2D eigenvalue weighted by Gasteiger charge is 2.36. The summed E-state index contributed by atoms with van der Waals surface area (Å²) in [5.41, 5.74) is 0.484. The van der Waals surface area contributed by atoms with Crippen molar-refractivity contribution in [3.8, 4) is 0 Å². The Kier molecular flexibility index (Phi) is 4.20. The molecule has 2 unspecified atom stereocenters. The lowest BCUT2D eigenvalue weighted by atomic mass is 9.82. The van der Waals surface area contributed by atoms with Crippen molar-refractivity contribution in [2.75, 3.05) is 19.6 Å². The van der Waals surface area contributed by atoms with Gasteiger partial charge in [-0.25, -0.2) is 0 Å². The molecule has 2 atom stereocenters. The average Bonchev–Trinajstić information content (AvgIpc) is 2.56. The zero-order valence-corrected chi connectivity index (χ0v) is 9.32. The second-order valence-corrected chi connectivity index (χ2v) is 4.23. The molecule has 2 N–H and O–H groups in total. The molecule has 2 aliphatic heterocycles. The summed E-state index contributed by atoms with van der Waals surface area (Å²) >= 11 is 0. The number of hydrogen-bond acceptors (Lipinski definition) is 2. The van der Waals surface area contributed by atoms with Gasteiger partial charge < -0.3 is 10.6 Å². The van der Waals surface area contributed by atoms with Crippen molar-refractivity contribution >= 4 is 0 Å². The normalized spacial score (nSPS) is 38.5. The molecule has 78 valence electrons. The van der Waals surface area contributed by atoms with Gasteiger partial charge >= 0.3 is 0 Å². The average molecular weight is 184 g/mol. The van der Waals surface area contributed by atoms with E-state index in [0.717, 1.165) is 5.92 Å². The molecule has 0 aliphatic carbocycles. The summed E-state index contributed by atoms with van der Waals surface area (Å²) < 4.78 is 0. The van der Waals surface area contributed by atoms with Crippen LogP contribution >= 0.6 is 0 Å². The fourth-order valence-corrected chi connectivity index (χ4v) is 2.49. The first-order valence-electron chi connectivity index (χ1n) is 5.77. The van der Waals surface area contributed by atoms with Crippen LogP contribution in [-0.4, -0.2) is 25.2 Å². The lowest BCUT2D eigenvalue weighted by Gasteiger charge is -2.37. The second-order valence-electron chi connectivity index (χ2n) is 4.23. The van der Waals surface area contributed by atoms with Crippen molar-refractivity contribution < 1.29 is 0 Å². The van der Waals surface area contributed by atoms with Crippen LogP contribution in [0.2, 0.25) is 0 Å². The molecule has 0 radical (unpaired) electrons. The molecular weight excluding hydrogens is 160 g/mol. The molecule has 0 aromatic carbocycles. The van der Waals surface area contributed by atoms with Crippen LogP contribution in [0.1, 0.15) is 40.0 Å². The van der Waals surface area contributed by atoms with Gasteiger partial charge in [0, 0.05) is 12.1 Å². The third-order valence-electron chi connectivity index (χ3n) is 3.12. The largest absolute Gasteiger partial charge is 0.315 e. The second kappa shape index (κ2) is 4.97. The molecule has 0 amide bonds. The molecule has 2 rings (SSSR count). The Hall–Kier alpha value is -0.0800. The molecule has 2 heterocycles. The van der Waals surface area contributed by atoms with Gasteiger partial charge in [0.15, 0.2) is 0 Å². The molecule has 1 spiro atoms. The minimum atomic E-state index is 0.484. The molecule has 2 nitrogen and oxygen atoms in total. The first-order chi connectivity index (χ1) is 6.31. The Balaban J connectivity index is 0.000000396. The van der Waals surface area contributed by atoms with Crippen LogP contribution in [0.5, 0.6) is 0 Å². The van der Waals surface area contributed by atoms with E-state index < -0.39 is 0 Å². The van der Waals surface area contributed by atoms with Crippen molar-refractivity contribution in [3.63, 3.8) is 0 Å². The molecule has 2 saturated heterocycles. The molecular formula is C11H24N2. The summed E-state index contributed by atoms with van der Waals surface area (Å²) in [5, 5.41) is 7.10. The summed E-state index contributed by atoms with van der Waals surface area (Å²) in [6.07, 6.45) is 4.07. The maximum absolute atomic E-state index is 3.66. The predicted octanol–water partition coefficient (Wildman–Crippen LogP) is 1.76. The Labute approximate surface area is 82.5 Å². The van der Waals surface area contributed by atoms with Crippen LogP contribution in [0.15, 0.2) is 0 Å². The summed E-state index contributed by atoms with van der Waals surface area (Å²) in [7, 11) is 0. The number of piperidine rings is 1. The third kappa shape index (κ3) is 2.68. The van der Waals surface area contributed by atoms with E-state index in [4.69, 9.17) is 0 Å². The highest BCUT2D eigenvalue weighted by molar-refractivity contribution is 4.98. The fourth-order valence-electron chi connectivity index (χ4n) is 2.49. The van der Waals surface area contributed by atoms with E-state index in [0.29, 0.717) is 5.54 Å². The van der Waals surface area contributed by atoms with Gasteiger partial charge in [-0.2, -0.15) is 0 Å².